The van der Waals surface area contributed by atoms with Gasteiger partial charge in [-0.2, -0.15) is 0 Å². The number of carbonyl (C=O) groups excluding carboxylic acids is 1. The van der Waals surface area contributed by atoms with Gasteiger partial charge in [-0.1, -0.05) is 25.0 Å². The highest BCUT2D eigenvalue weighted by Crippen LogP contribution is 2.31. The van der Waals surface area contributed by atoms with Gasteiger partial charge >= 0.3 is 0 Å². The van der Waals surface area contributed by atoms with Gasteiger partial charge < -0.3 is 15.0 Å². The van der Waals surface area contributed by atoms with E-state index in [0.29, 0.717) is 13.1 Å². The summed E-state index contributed by atoms with van der Waals surface area (Å²) in [5, 5.41) is 3.12. The van der Waals surface area contributed by atoms with Gasteiger partial charge in [0.05, 0.1) is 10.9 Å². The van der Waals surface area contributed by atoms with Crippen LogP contribution < -0.4 is 15.0 Å². The number of amides is 1. The average Bonchev–Trinajstić information content (AvgIpc) is 2.59. The van der Waals surface area contributed by atoms with Crippen LogP contribution in [0.3, 0.4) is 0 Å². The first-order valence-corrected chi connectivity index (χ1v) is 10.9. The highest BCUT2D eigenvalue weighted by molar-refractivity contribution is 7.91. The van der Waals surface area contributed by atoms with E-state index in [2.05, 4.69) is 5.32 Å². The number of hydrogen-bond donors (Lipinski definition) is 1. The van der Waals surface area contributed by atoms with Crippen molar-refractivity contribution in [2.75, 3.05) is 30.9 Å². The zero-order chi connectivity index (χ0) is 17.9. The molecule has 1 saturated carbocycles. The van der Waals surface area contributed by atoms with Crippen LogP contribution in [0.25, 0.3) is 0 Å². The lowest BCUT2D eigenvalue weighted by molar-refractivity contribution is -0.121. The van der Waals surface area contributed by atoms with Crippen molar-refractivity contribution in [3.05, 3.63) is 24.3 Å². The van der Waals surface area contributed by atoms with Gasteiger partial charge in [0.1, 0.15) is 5.75 Å². The highest BCUT2D eigenvalue weighted by Gasteiger charge is 2.32. The molecule has 138 valence electrons. The minimum atomic E-state index is -3.02. The van der Waals surface area contributed by atoms with Crippen molar-refractivity contribution in [3.8, 4) is 5.75 Å². The summed E-state index contributed by atoms with van der Waals surface area (Å²) in [5.41, 5.74) is 0.811. The number of sulfone groups is 1. The van der Waals surface area contributed by atoms with E-state index in [1.807, 2.05) is 24.3 Å². The van der Waals surface area contributed by atoms with Gasteiger partial charge in [-0.15, -0.1) is 0 Å². The number of benzene rings is 1. The summed E-state index contributed by atoms with van der Waals surface area (Å²) in [6.45, 7) is 1.37. The maximum Gasteiger partial charge on any atom is 0.265 e. The normalized spacial score (nSPS) is 23.9. The first-order chi connectivity index (χ1) is 12.0. The number of nitrogens with one attached hydrogen (secondary N) is 1. The molecule has 2 atom stereocenters. The Hall–Kier alpha value is -1.60. The van der Waals surface area contributed by atoms with Gasteiger partial charge in [-0.25, -0.2) is 8.42 Å². The Bertz CT molecular complexity index is 720. The molecular weight excluding hydrogens is 340 g/mol. The van der Waals surface area contributed by atoms with Crippen LogP contribution >= 0.6 is 0 Å². The molecule has 2 aliphatic rings. The summed E-state index contributed by atoms with van der Waals surface area (Å²) in [5.74, 6) is 0.699. The van der Waals surface area contributed by atoms with Gasteiger partial charge in [0.25, 0.3) is 5.91 Å². The maximum absolute atomic E-state index is 12.1. The molecule has 1 amide bonds. The number of ether oxygens (including phenoxy) is 1. The summed E-state index contributed by atoms with van der Waals surface area (Å²) in [6, 6.07) is 7.57. The molecular formula is C18H26N2O4S. The molecule has 1 aliphatic carbocycles. The molecule has 0 radical (unpaired) electrons. The minimum Gasteiger partial charge on any atom is -0.482 e. The summed E-state index contributed by atoms with van der Waals surface area (Å²) < 4.78 is 29.3. The smallest absolute Gasteiger partial charge is 0.265 e. The summed E-state index contributed by atoms with van der Waals surface area (Å²) in [4.78, 5) is 13.9. The van der Waals surface area contributed by atoms with E-state index in [4.69, 9.17) is 4.74 Å². The number of carbonyl (C=O) groups is 1. The molecule has 1 N–H and O–H groups in total. The zero-order valence-corrected chi connectivity index (χ0v) is 15.4. The first kappa shape index (κ1) is 18.2. The molecule has 1 aromatic carbocycles. The second kappa shape index (κ2) is 7.74. The van der Waals surface area contributed by atoms with Gasteiger partial charge in [-0.05, 0) is 37.9 Å². The van der Waals surface area contributed by atoms with E-state index >= 15 is 0 Å². The van der Waals surface area contributed by atoms with Gasteiger partial charge in [0, 0.05) is 18.8 Å². The lowest BCUT2D eigenvalue weighted by Gasteiger charge is -2.32. The fourth-order valence-corrected chi connectivity index (χ4v) is 5.19. The van der Waals surface area contributed by atoms with Crippen molar-refractivity contribution in [1.29, 1.82) is 0 Å². The molecule has 6 nitrogen and oxygen atoms in total. The fourth-order valence-electron chi connectivity index (χ4n) is 3.77. The monoisotopic (exact) mass is 366 g/mol. The van der Waals surface area contributed by atoms with Crippen molar-refractivity contribution in [1.82, 2.24) is 5.32 Å². The van der Waals surface area contributed by atoms with E-state index < -0.39 is 9.84 Å². The Morgan fingerprint density at radius 3 is 2.80 bits per heavy atom. The summed E-state index contributed by atoms with van der Waals surface area (Å²) in [7, 11) is -3.02. The highest BCUT2D eigenvalue weighted by atomic mass is 32.2. The van der Waals surface area contributed by atoms with Crippen LogP contribution in [0.4, 0.5) is 5.69 Å². The fraction of sp³-hybridized carbons (Fsp3) is 0.611. The molecule has 1 fully saturated rings. The number of fused-ring (bicyclic) bond motifs is 1. The minimum absolute atomic E-state index is 0.0245. The van der Waals surface area contributed by atoms with E-state index in [9.17, 15) is 13.2 Å². The SMILES string of the molecule is CS(=O)(=O)C1CCCCC1NCCCN1C(=O)COc2ccccc21. The van der Waals surface area contributed by atoms with E-state index in [1.54, 1.807) is 4.90 Å². The van der Waals surface area contributed by atoms with Crippen molar-refractivity contribution < 1.29 is 17.9 Å². The van der Waals surface area contributed by atoms with Crippen LogP contribution in [0.5, 0.6) is 5.75 Å². The Morgan fingerprint density at radius 2 is 2.00 bits per heavy atom. The van der Waals surface area contributed by atoms with Gasteiger partial charge in [0.15, 0.2) is 16.4 Å². The van der Waals surface area contributed by atoms with E-state index in [-0.39, 0.29) is 23.8 Å². The molecule has 1 aromatic rings. The quantitative estimate of drug-likeness (QED) is 0.776. The average molecular weight is 366 g/mol. The van der Waals surface area contributed by atoms with Crippen LogP contribution in [0.1, 0.15) is 32.1 Å². The second-order valence-corrected chi connectivity index (χ2v) is 9.13. The van der Waals surface area contributed by atoms with E-state index in [0.717, 1.165) is 43.5 Å². The van der Waals surface area contributed by atoms with Crippen molar-refractivity contribution in [3.63, 3.8) is 0 Å². The Labute approximate surface area is 149 Å². The Morgan fingerprint density at radius 1 is 1.24 bits per heavy atom. The van der Waals surface area contributed by atoms with Crippen molar-refractivity contribution in [2.45, 2.75) is 43.4 Å². The molecule has 1 heterocycles. The Balaban J connectivity index is 1.54. The molecule has 7 heteroatoms. The summed E-state index contributed by atoms with van der Waals surface area (Å²) in [6.07, 6.45) is 5.80. The molecule has 25 heavy (non-hydrogen) atoms. The number of nitrogens with zero attached hydrogens (tertiary/aromatic N) is 1. The third-order valence-corrected chi connectivity index (χ3v) is 6.69. The third-order valence-electron chi connectivity index (χ3n) is 5.03. The van der Waals surface area contributed by atoms with Crippen molar-refractivity contribution >= 4 is 21.4 Å². The van der Waals surface area contributed by atoms with Crippen LogP contribution in [-0.4, -0.2) is 51.6 Å². The summed E-state index contributed by atoms with van der Waals surface area (Å²) >= 11 is 0. The van der Waals surface area contributed by atoms with Crippen LogP contribution in [0.2, 0.25) is 0 Å². The number of hydrogen-bond acceptors (Lipinski definition) is 5. The lowest BCUT2D eigenvalue weighted by atomic mass is 9.95. The molecule has 3 rings (SSSR count). The largest absolute Gasteiger partial charge is 0.482 e. The van der Waals surface area contributed by atoms with Crippen LogP contribution in [-0.2, 0) is 14.6 Å². The number of rotatable bonds is 6. The van der Waals surface area contributed by atoms with Crippen LogP contribution in [0, 0.1) is 0 Å². The molecule has 0 bridgehead atoms. The molecule has 0 spiro atoms. The Kier molecular flexibility index (Phi) is 5.64. The third kappa shape index (κ3) is 4.33. The number of para-hydroxylation sites is 2. The topological polar surface area (TPSA) is 75.7 Å². The van der Waals surface area contributed by atoms with E-state index in [1.165, 1.54) is 6.26 Å². The predicted molar refractivity (Wildman–Crippen MR) is 97.8 cm³/mol. The standard InChI is InChI=1S/C18H26N2O4S/c1-25(22,23)17-10-5-2-7-14(17)19-11-6-12-20-15-8-3-4-9-16(15)24-13-18(20)21/h3-4,8-9,14,17,19H,2,5-7,10-13H2,1H3. The molecule has 2 unspecified atom stereocenters. The second-order valence-electron chi connectivity index (χ2n) is 6.87. The zero-order valence-electron chi connectivity index (χ0n) is 14.6. The molecule has 0 saturated heterocycles. The predicted octanol–water partition coefficient (Wildman–Crippen LogP) is 1.75. The first-order valence-electron chi connectivity index (χ1n) is 8.91. The van der Waals surface area contributed by atoms with Crippen LogP contribution in [0.15, 0.2) is 24.3 Å². The maximum atomic E-state index is 12.1. The number of anilines is 1. The van der Waals surface area contributed by atoms with Gasteiger partial charge in [-0.3, -0.25) is 4.79 Å². The molecule has 1 aliphatic heterocycles. The lowest BCUT2D eigenvalue weighted by Crippen LogP contribution is -2.47. The van der Waals surface area contributed by atoms with Crippen molar-refractivity contribution in [2.24, 2.45) is 0 Å². The molecule has 0 aromatic heterocycles. The van der Waals surface area contributed by atoms with Gasteiger partial charge in [0.2, 0.25) is 0 Å².